The van der Waals surface area contributed by atoms with E-state index in [4.69, 9.17) is 0 Å². The van der Waals surface area contributed by atoms with E-state index >= 15 is 0 Å². The second-order valence-electron chi connectivity index (χ2n) is 3.89. The summed E-state index contributed by atoms with van der Waals surface area (Å²) < 4.78 is 13.4. The average molecular weight is 234 g/mol. The summed E-state index contributed by atoms with van der Waals surface area (Å²) in [6.07, 6.45) is 1.25. The van der Waals surface area contributed by atoms with E-state index in [1.807, 2.05) is 0 Å². The first-order valence-electron chi connectivity index (χ1n) is 5.04. The van der Waals surface area contributed by atoms with Crippen LogP contribution in [-0.4, -0.2) is 29.9 Å². The van der Waals surface area contributed by atoms with Gasteiger partial charge in [0.05, 0.1) is 5.52 Å². The van der Waals surface area contributed by atoms with Crippen LogP contribution in [0.2, 0.25) is 0 Å². The minimum absolute atomic E-state index is 0.00750. The van der Waals surface area contributed by atoms with Crippen molar-refractivity contribution < 1.29 is 9.18 Å². The lowest BCUT2D eigenvalue weighted by Crippen LogP contribution is -2.27. The number of para-hydroxylation sites is 1. The summed E-state index contributed by atoms with van der Waals surface area (Å²) in [5.41, 5.74) is -0.335. The number of carbonyl (C=O) groups excluding carboxylic acids is 1. The largest absolute Gasteiger partial charge is 0.358 e. The molecule has 0 unspecified atom stereocenters. The summed E-state index contributed by atoms with van der Waals surface area (Å²) in [5, 5.41) is 0.178. The third kappa shape index (κ3) is 1.80. The molecule has 1 aromatic heterocycles. The van der Waals surface area contributed by atoms with Gasteiger partial charge in [-0.25, -0.2) is 4.39 Å². The lowest BCUT2D eigenvalue weighted by Gasteiger charge is -2.10. The zero-order valence-corrected chi connectivity index (χ0v) is 9.45. The molecule has 88 valence electrons. The Balaban J connectivity index is 2.76. The molecule has 0 radical (unpaired) electrons. The molecule has 0 bridgehead atoms. The van der Waals surface area contributed by atoms with Gasteiger partial charge in [-0.3, -0.25) is 9.59 Å². The number of carbonyl (C=O) groups is 1. The predicted molar refractivity (Wildman–Crippen MR) is 62.5 cm³/mol. The third-order valence-electron chi connectivity index (χ3n) is 2.50. The van der Waals surface area contributed by atoms with Gasteiger partial charge in [-0.05, 0) is 12.1 Å². The lowest BCUT2D eigenvalue weighted by atomic mass is 10.1. The maximum Gasteiger partial charge on any atom is 0.258 e. The van der Waals surface area contributed by atoms with Gasteiger partial charge in [-0.2, -0.15) is 0 Å². The van der Waals surface area contributed by atoms with Crippen molar-refractivity contribution in [1.29, 1.82) is 0 Å². The first-order valence-corrected chi connectivity index (χ1v) is 5.04. The van der Waals surface area contributed by atoms with Crippen LogP contribution in [0.25, 0.3) is 10.9 Å². The second-order valence-corrected chi connectivity index (χ2v) is 3.89. The number of pyridine rings is 1. The summed E-state index contributed by atoms with van der Waals surface area (Å²) in [5.74, 6) is -0.916. The number of rotatable bonds is 1. The monoisotopic (exact) mass is 234 g/mol. The van der Waals surface area contributed by atoms with E-state index in [-0.39, 0.29) is 16.5 Å². The minimum atomic E-state index is -0.511. The van der Waals surface area contributed by atoms with Crippen LogP contribution >= 0.6 is 0 Å². The first-order chi connectivity index (χ1) is 8.02. The SMILES string of the molecule is CN(C)C(=O)c1c[nH]c2c(F)cccc2c1=O. The Morgan fingerprint density at radius 1 is 1.35 bits per heavy atom. The molecule has 2 aromatic rings. The van der Waals surface area contributed by atoms with Crippen LogP contribution in [0.4, 0.5) is 4.39 Å². The molecule has 1 amide bonds. The summed E-state index contributed by atoms with van der Waals surface area (Å²) in [4.78, 5) is 27.6. The highest BCUT2D eigenvalue weighted by atomic mass is 19.1. The molecule has 1 heterocycles. The van der Waals surface area contributed by atoms with Crippen molar-refractivity contribution in [2.24, 2.45) is 0 Å². The number of hydrogen-bond donors (Lipinski definition) is 1. The number of halogens is 1. The van der Waals surface area contributed by atoms with Gasteiger partial charge >= 0.3 is 0 Å². The number of hydrogen-bond acceptors (Lipinski definition) is 2. The van der Waals surface area contributed by atoms with Crippen molar-refractivity contribution in [2.75, 3.05) is 14.1 Å². The van der Waals surface area contributed by atoms with Crippen LogP contribution in [0.1, 0.15) is 10.4 Å². The molecule has 0 saturated heterocycles. The third-order valence-corrected chi connectivity index (χ3v) is 2.50. The first kappa shape index (κ1) is 11.3. The topological polar surface area (TPSA) is 53.2 Å². The highest BCUT2D eigenvalue weighted by Gasteiger charge is 2.15. The number of amides is 1. The number of H-pyrrole nitrogens is 1. The van der Waals surface area contributed by atoms with Gasteiger partial charge in [-0.15, -0.1) is 0 Å². The van der Waals surface area contributed by atoms with Crippen molar-refractivity contribution in [3.8, 4) is 0 Å². The van der Waals surface area contributed by atoms with E-state index in [0.29, 0.717) is 0 Å². The summed E-state index contributed by atoms with van der Waals surface area (Å²) >= 11 is 0. The number of aromatic amines is 1. The smallest absolute Gasteiger partial charge is 0.258 e. The normalized spacial score (nSPS) is 10.5. The standard InChI is InChI=1S/C12H11FN2O2/c1-15(2)12(17)8-6-14-10-7(11(8)16)4-3-5-9(10)13/h3-6H,1-2H3,(H,14,16). The molecule has 1 N–H and O–H groups in total. The Bertz CT molecular complexity index is 646. The van der Waals surface area contributed by atoms with Crippen molar-refractivity contribution in [2.45, 2.75) is 0 Å². The molecule has 0 aliphatic carbocycles. The summed E-state index contributed by atoms with van der Waals surface area (Å²) in [6.45, 7) is 0. The number of nitrogens with zero attached hydrogens (tertiary/aromatic N) is 1. The highest BCUT2D eigenvalue weighted by molar-refractivity contribution is 5.96. The molecular formula is C12H11FN2O2. The van der Waals surface area contributed by atoms with Crippen molar-refractivity contribution in [3.63, 3.8) is 0 Å². The Morgan fingerprint density at radius 3 is 2.71 bits per heavy atom. The molecule has 17 heavy (non-hydrogen) atoms. The Kier molecular flexibility index (Phi) is 2.67. The van der Waals surface area contributed by atoms with E-state index in [1.54, 1.807) is 14.1 Å². The fraction of sp³-hybridized carbons (Fsp3) is 0.167. The van der Waals surface area contributed by atoms with Crippen LogP contribution in [0, 0.1) is 5.82 Å². The van der Waals surface area contributed by atoms with Crippen LogP contribution in [-0.2, 0) is 0 Å². The Morgan fingerprint density at radius 2 is 2.06 bits per heavy atom. The number of nitrogens with one attached hydrogen (secondary N) is 1. The molecule has 0 atom stereocenters. The van der Waals surface area contributed by atoms with Gasteiger partial charge in [0.2, 0.25) is 5.43 Å². The van der Waals surface area contributed by atoms with Crippen molar-refractivity contribution >= 4 is 16.8 Å². The van der Waals surface area contributed by atoms with E-state index in [0.717, 1.165) is 0 Å². The van der Waals surface area contributed by atoms with Crippen LogP contribution in [0.5, 0.6) is 0 Å². The summed E-state index contributed by atoms with van der Waals surface area (Å²) in [7, 11) is 3.11. The number of fused-ring (bicyclic) bond motifs is 1. The quantitative estimate of drug-likeness (QED) is 0.810. The number of aromatic nitrogens is 1. The fourth-order valence-corrected chi connectivity index (χ4v) is 1.61. The predicted octanol–water partition coefficient (Wildman–Crippen LogP) is 1.37. The van der Waals surface area contributed by atoms with Crippen LogP contribution in [0.15, 0.2) is 29.2 Å². The minimum Gasteiger partial charge on any atom is -0.358 e. The molecule has 0 saturated carbocycles. The average Bonchev–Trinajstić information content (AvgIpc) is 2.30. The van der Waals surface area contributed by atoms with E-state index in [9.17, 15) is 14.0 Å². The van der Waals surface area contributed by atoms with E-state index in [2.05, 4.69) is 4.98 Å². The van der Waals surface area contributed by atoms with Gasteiger partial charge in [-0.1, -0.05) is 6.07 Å². The van der Waals surface area contributed by atoms with Gasteiger partial charge in [0, 0.05) is 25.7 Å². The van der Waals surface area contributed by atoms with Crippen LogP contribution < -0.4 is 5.43 Å². The maximum absolute atomic E-state index is 13.4. The van der Waals surface area contributed by atoms with E-state index in [1.165, 1.54) is 29.3 Å². The Labute approximate surface area is 96.7 Å². The second kappa shape index (κ2) is 4.01. The highest BCUT2D eigenvalue weighted by Crippen LogP contribution is 2.12. The number of benzene rings is 1. The molecular weight excluding hydrogens is 223 g/mol. The zero-order valence-electron chi connectivity index (χ0n) is 9.45. The van der Waals surface area contributed by atoms with E-state index < -0.39 is 17.2 Å². The lowest BCUT2D eigenvalue weighted by molar-refractivity contribution is 0.0826. The molecule has 2 rings (SSSR count). The van der Waals surface area contributed by atoms with Crippen molar-refractivity contribution in [3.05, 3.63) is 46.0 Å². The van der Waals surface area contributed by atoms with Gasteiger partial charge in [0.1, 0.15) is 11.4 Å². The van der Waals surface area contributed by atoms with Gasteiger partial charge in [0.25, 0.3) is 5.91 Å². The molecule has 5 heteroatoms. The van der Waals surface area contributed by atoms with Gasteiger partial charge in [0.15, 0.2) is 0 Å². The van der Waals surface area contributed by atoms with Crippen LogP contribution in [0.3, 0.4) is 0 Å². The molecule has 0 aliphatic heterocycles. The van der Waals surface area contributed by atoms with Gasteiger partial charge < -0.3 is 9.88 Å². The summed E-state index contributed by atoms with van der Waals surface area (Å²) in [6, 6.07) is 4.19. The molecule has 0 spiro atoms. The Hall–Kier alpha value is -2.17. The van der Waals surface area contributed by atoms with Crippen molar-refractivity contribution in [1.82, 2.24) is 9.88 Å². The fourth-order valence-electron chi connectivity index (χ4n) is 1.61. The zero-order chi connectivity index (χ0) is 12.6. The molecule has 0 aliphatic rings. The molecule has 1 aromatic carbocycles. The molecule has 0 fully saturated rings. The maximum atomic E-state index is 13.4. The molecule has 4 nitrogen and oxygen atoms in total.